The van der Waals surface area contributed by atoms with Gasteiger partial charge in [-0.3, -0.25) is 0 Å². The molecule has 6 nitrogen and oxygen atoms in total. The lowest BCUT2D eigenvalue weighted by atomic mass is 9.88. The van der Waals surface area contributed by atoms with E-state index in [2.05, 4.69) is 15.4 Å². The molecule has 1 aliphatic rings. The van der Waals surface area contributed by atoms with Gasteiger partial charge in [0.25, 0.3) is 0 Å². The highest BCUT2D eigenvalue weighted by atomic mass is 32.2. The Morgan fingerprint density at radius 1 is 1.33 bits per heavy atom. The molecule has 1 heterocycles. The zero-order valence-electron chi connectivity index (χ0n) is 15.1. The monoisotopic (exact) mass is 405 g/mol. The number of hydrogen-bond acceptors (Lipinski definition) is 4. The second-order valence-corrected chi connectivity index (χ2v) is 8.82. The van der Waals surface area contributed by atoms with E-state index in [1.807, 2.05) is 41.8 Å². The van der Waals surface area contributed by atoms with Crippen molar-refractivity contribution in [3.8, 4) is 10.4 Å². The molecule has 3 rings (SSSR count). The van der Waals surface area contributed by atoms with Crippen molar-refractivity contribution in [2.75, 3.05) is 13.6 Å². The highest BCUT2D eigenvalue weighted by Crippen LogP contribution is 2.34. The summed E-state index contributed by atoms with van der Waals surface area (Å²) in [6.07, 6.45) is 3.06. The van der Waals surface area contributed by atoms with E-state index >= 15 is 0 Å². The fraction of sp³-hybridized carbons (Fsp3) is 0.368. The third kappa shape index (κ3) is 4.45. The maximum atomic E-state index is 12.6. The molecule has 144 valence electrons. The summed E-state index contributed by atoms with van der Waals surface area (Å²) in [4.78, 5) is 25.3. The largest absolute Gasteiger partial charge is 0.341 e. The first-order valence-electron chi connectivity index (χ1n) is 8.83. The molecule has 1 aromatic heterocycles. The van der Waals surface area contributed by atoms with Crippen LogP contribution >= 0.6 is 11.3 Å². The molecule has 1 aliphatic carbocycles. The summed E-state index contributed by atoms with van der Waals surface area (Å²) in [6.45, 7) is 0.391. The SMILES string of the molecule is CNC(=O)NC1(C=O)CCCC1CNS(=O)c1ccc(-c2cccs2)cc1. The maximum Gasteiger partial charge on any atom is 0.315 e. The summed E-state index contributed by atoms with van der Waals surface area (Å²) in [5.41, 5.74) is 0.191. The van der Waals surface area contributed by atoms with Crippen molar-refractivity contribution < 1.29 is 13.8 Å². The molecule has 1 fully saturated rings. The molecular formula is C19H23N3O3S2. The molecular weight excluding hydrogens is 382 g/mol. The highest BCUT2D eigenvalue weighted by molar-refractivity contribution is 7.83. The summed E-state index contributed by atoms with van der Waals surface area (Å²) in [6, 6.07) is 11.3. The van der Waals surface area contributed by atoms with Gasteiger partial charge in [0.2, 0.25) is 0 Å². The molecule has 8 heteroatoms. The average Bonchev–Trinajstić information content (AvgIpc) is 3.36. The van der Waals surface area contributed by atoms with Crippen LogP contribution in [-0.2, 0) is 15.8 Å². The minimum absolute atomic E-state index is 0.0957. The van der Waals surface area contributed by atoms with Crippen LogP contribution in [0.3, 0.4) is 0 Å². The van der Waals surface area contributed by atoms with E-state index in [0.29, 0.717) is 17.9 Å². The van der Waals surface area contributed by atoms with E-state index in [-0.39, 0.29) is 11.9 Å². The number of thiophene rings is 1. The summed E-state index contributed by atoms with van der Waals surface area (Å²) >= 11 is 1.66. The fourth-order valence-electron chi connectivity index (χ4n) is 3.46. The van der Waals surface area contributed by atoms with Crippen molar-refractivity contribution in [2.24, 2.45) is 5.92 Å². The van der Waals surface area contributed by atoms with Crippen LogP contribution in [-0.4, -0.2) is 35.7 Å². The first-order chi connectivity index (χ1) is 13.1. The summed E-state index contributed by atoms with van der Waals surface area (Å²) in [7, 11) is 0.144. The standard InChI is InChI=1S/C19H23N3O3S2/c1-20-18(24)22-19(13-23)10-2-4-15(19)12-21-27(25)16-8-6-14(7-9-16)17-5-3-11-26-17/h3,5-9,11,13,15,21H,2,4,10,12H2,1H3,(H2,20,22,24). The number of carbonyl (C=O) groups excluding carboxylic acids is 2. The van der Waals surface area contributed by atoms with Crippen LogP contribution in [0.15, 0.2) is 46.7 Å². The van der Waals surface area contributed by atoms with Gasteiger partial charge in [0.15, 0.2) is 0 Å². The van der Waals surface area contributed by atoms with Gasteiger partial charge in [-0.1, -0.05) is 24.6 Å². The number of urea groups is 1. The predicted molar refractivity (Wildman–Crippen MR) is 108 cm³/mol. The summed E-state index contributed by atoms with van der Waals surface area (Å²) < 4.78 is 15.6. The minimum Gasteiger partial charge on any atom is -0.341 e. The maximum absolute atomic E-state index is 12.6. The van der Waals surface area contributed by atoms with Gasteiger partial charge in [0.05, 0.1) is 4.90 Å². The predicted octanol–water partition coefficient (Wildman–Crippen LogP) is 2.69. The van der Waals surface area contributed by atoms with Gasteiger partial charge in [-0.2, -0.15) is 0 Å². The molecule has 3 atom stereocenters. The second-order valence-electron chi connectivity index (χ2n) is 6.57. The van der Waals surface area contributed by atoms with Crippen LogP contribution < -0.4 is 15.4 Å². The van der Waals surface area contributed by atoms with E-state index in [0.717, 1.165) is 24.7 Å². The Balaban J connectivity index is 1.62. The third-order valence-corrected chi connectivity index (χ3v) is 7.04. The van der Waals surface area contributed by atoms with Crippen molar-refractivity contribution in [1.82, 2.24) is 15.4 Å². The topological polar surface area (TPSA) is 87.3 Å². The van der Waals surface area contributed by atoms with Crippen LogP contribution in [0, 0.1) is 5.92 Å². The lowest BCUT2D eigenvalue weighted by molar-refractivity contribution is -0.114. The Labute approximate surface area is 165 Å². The van der Waals surface area contributed by atoms with Gasteiger partial charge < -0.3 is 15.4 Å². The van der Waals surface area contributed by atoms with Crippen LogP contribution in [0.5, 0.6) is 0 Å². The first kappa shape index (κ1) is 19.7. The molecule has 3 unspecified atom stereocenters. The molecule has 0 bridgehead atoms. The third-order valence-electron chi connectivity index (χ3n) is 4.99. The van der Waals surface area contributed by atoms with E-state index in [9.17, 15) is 13.8 Å². The Hall–Kier alpha value is -2.03. The van der Waals surface area contributed by atoms with Gasteiger partial charge in [0, 0.05) is 24.4 Å². The van der Waals surface area contributed by atoms with E-state index in [1.165, 1.54) is 11.9 Å². The molecule has 0 radical (unpaired) electrons. The number of benzene rings is 1. The van der Waals surface area contributed by atoms with Crippen LogP contribution in [0.25, 0.3) is 10.4 Å². The van der Waals surface area contributed by atoms with Crippen molar-refractivity contribution in [3.05, 3.63) is 41.8 Å². The molecule has 2 aromatic rings. The molecule has 27 heavy (non-hydrogen) atoms. The smallest absolute Gasteiger partial charge is 0.315 e. The van der Waals surface area contributed by atoms with E-state index < -0.39 is 16.5 Å². The molecule has 1 aromatic carbocycles. The van der Waals surface area contributed by atoms with E-state index in [1.54, 1.807) is 11.3 Å². The average molecular weight is 406 g/mol. The van der Waals surface area contributed by atoms with Crippen molar-refractivity contribution >= 4 is 34.6 Å². The Morgan fingerprint density at radius 3 is 2.74 bits per heavy atom. The number of amides is 2. The van der Waals surface area contributed by atoms with Gasteiger partial charge in [-0.25, -0.2) is 13.7 Å². The van der Waals surface area contributed by atoms with Gasteiger partial charge >= 0.3 is 6.03 Å². The van der Waals surface area contributed by atoms with Gasteiger partial charge in [0.1, 0.15) is 22.8 Å². The number of carbonyl (C=O) groups is 2. The Bertz CT molecular complexity index is 808. The fourth-order valence-corrected chi connectivity index (χ4v) is 5.09. The molecule has 3 N–H and O–H groups in total. The molecule has 1 saturated carbocycles. The lowest BCUT2D eigenvalue weighted by Gasteiger charge is -2.31. The zero-order chi connectivity index (χ0) is 19.3. The number of aldehydes is 1. The van der Waals surface area contributed by atoms with Crippen molar-refractivity contribution in [2.45, 2.75) is 29.7 Å². The quantitative estimate of drug-likeness (QED) is 0.619. The highest BCUT2D eigenvalue weighted by Gasteiger charge is 2.44. The van der Waals surface area contributed by atoms with Crippen LogP contribution in [0.1, 0.15) is 19.3 Å². The Kier molecular flexibility index (Phi) is 6.41. The van der Waals surface area contributed by atoms with Crippen LogP contribution in [0.4, 0.5) is 4.79 Å². The minimum atomic E-state index is -1.38. The molecule has 0 saturated heterocycles. The molecule has 0 spiro atoms. The summed E-state index contributed by atoms with van der Waals surface area (Å²) in [5.74, 6) is -0.0957. The van der Waals surface area contributed by atoms with E-state index in [4.69, 9.17) is 0 Å². The number of rotatable bonds is 7. The van der Waals surface area contributed by atoms with Crippen molar-refractivity contribution in [3.63, 3.8) is 0 Å². The molecule has 2 amide bonds. The first-order valence-corrected chi connectivity index (χ1v) is 10.9. The van der Waals surface area contributed by atoms with Crippen LogP contribution in [0.2, 0.25) is 0 Å². The number of hydrogen-bond donors (Lipinski definition) is 3. The van der Waals surface area contributed by atoms with Gasteiger partial charge in [-0.15, -0.1) is 11.3 Å². The Morgan fingerprint density at radius 2 is 2.11 bits per heavy atom. The molecule has 0 aliphatic heterocycles. The number of nitrogens with one attached hydrogen (secondary N) is 3. The lowest BCUT2D eigenvalue weighted by Crippen LogP contribution is -2.56. The normalized spacial score (nSPS) is 22.9. The second kappa shape index (κ2) is 8.77. The van der Waals surface area contributed by atoms with Gasteiger partial charge in [-0.05, 0) is 42.0 Å². The zero-order valence-corrected chi connectivity index (χ0v) is 16.7. The summed E-state index contributed by atoms with van der Waals surface area (Å²) in [5, 5.41) is 7.29. The van der Waals surface area contributed by atoms with Crippen molar-refractivity contribution in [1.29, 1.82) is 0 Å².